The van der Waals surface area contributed by atoms with Gasteiger partial charge in [-0.15, -0.1) is 0 Å². The van der Waals surface area contributed by atoms with Crippen LogP contribution in [-0.4, -0.2) is 6.04 Å². The summed E-state index contributed by atoms with van der Waals surface area (Å²) in [6, 6.07) is 16.9. The van der Waals surface area contributed by atoms with E-state index in [4.69, 9.17) is 5.84 Å². The van der Waals surface area contributed by atoms with Crippen LogP contribution in [-0.2, 0) is 11.8 Å². The lowest BCUT2D eigenvalue weighted by Gasteiger charge is -2.34. The maximum Gasteiger partial charge on any atom is 0.123 e. The van der Waals surface area contributed by atoms with Gasteiger partial charge in [0.1, 0.15) is 5.82 Å². The van der Waals surface area contributed by atoms with Gasteiger partial charge in [-0.1, -0.05) is 56.3 Å². The van der Waals surface area contributed by atoms with Crippen LogP contribution < -0.4 is 11.3 Å². The Balaban J connectivity index is 2.23. The molecule has 0 radical (unpaired) electrons. The van der Waals surface area contributed by atoms with E-state index in [2.05, 4.69) is 31.4 Å². The zero-order chi connectivity index (χ0) is 14.6. The SMILES string of the molecule is CC(C)(c1ccc(F)cc1)C(Cc1ccccc1)NN. The van der Waals surface area contributed by atoms with Crippen LogP contribution in [0.3, 0.4) is 0 Å². The molecule has 1 unspecified atom stereocenters. The first-order valence-corrected chi connectivity index (χ1v) is 6.80. The van der Waals surface area contributed by atoms with Crippen molar-refractivity contribution in [3.05, 3.63) is 71.5 Å². The molecule has 3 heteroatoms. The lowest BCUT2D eigenvalue weighted by Crippen LogP contribution is -2.49. The highest BCUT2D eigenvalue weighted by Crippen LogP contribution is 2.29. The van der Waals surface area contributed by atoms with Gasteiger partial charge in [-0.05, 0) is 29.7 Å². The van der Waals surface area contributed by atoms with E-state index < -0.39 is 0 Å². The average molecular weight is 272 g/mol. The highest BCUT2D eigenvalue weighted by molar-refractivity contribution is 5.28. The molecule has 0 bridgehead atoms. The van der Waals surface area contributed by atoms with Gasteiger partial charge in [0.2, 0.25) is 0 Å². The van der Waals surface area contributed by atoms with Gasteiger partial charge in [-0.2, -0.15) is 0 Å². The minimum Gasteiger partial charge on any atom is -0.271 e. The van der Waals surface area contributed by atoms with Crippen LogP contribution in [0.15, 0.2) is 54.6 Å². The maximum atomic E-state index is 13.1. The molecule has 0 aromatic heterocycles. The summed E-state index contributed by atoms with van der Waals surface area (Å²) in [5.74, 6) is 5.53. The molecule has 20 heavy (non-hydrogen) atoms. The molecule has 0 amide bonds. The summed E-state index contributed by atoms with van der Waals surface area (Å²) >= 11 is 0. The van der Waals surface area contributed by atoms with Crippen molar-refractivity contribution in [2.24, 2.45) is 5.84 Å². The summed E-state index contributed by atoms with van der Waals surface area (Å²) < 4.78 is 13.1. The van der Waals surface area contributed by atoms with Crippen molar-refractivity contribution in [2.45, 2.75) is 31.7 Å². The fourth-order valence-electron chi connectivity index (χ4n) is 2.45. The first-order valence-electron chi connectivity index (χ1n) is 6.80. The summed E-state index contributed by atoms with van der Waals surface area (Å²) in [4.78, 5) is 0. The number of rotatable bonds is 5. The normalized spacial score (nSPS) is 13.2. The van der Waals surface area contributed by atoms with Gasteiger partial charge in [0.25, 0.3) is 0 Å². The van der Waals surface area contributed by atoms with Gasteiger partial charge in [-0.3, -0.25) is 11.3 Å². The number of hydrazine groups is 1. The molecule has 0 spiro atoms. The third-order valence-corrected chi connectivity index (χ3v) is 3.94. The van der Waals surface area contributed by atoms with Gasteiger partial charge < -0.3 is 0 Å². The van der Waals surface area contributed by atoms with Gasteiger partial charge >= 0.3 is 0 Å². The van der Waals surface area contributed by atoms with Crippen molar-refractivity contribution < 1.29 is 4.39 Å². The molecule has 1 atom stereocenters. The number of nitrogens with one attached hydrogen (secondary N) is 1. The molecule has 0 saturated carbocycles. The van der Waals surface area contributed by atoms with Crippen LogP contribution >= 0.6 is 0 Å². The Kier molecular flexibility index (Phi) is 4.53. The van der Waals surface area contributed by atoms with E-state index in [1.165, 1.54) is 17.7 Å². The molecule has 0 heterocycles. The van der Waals surface area contributed by atoms with E-state index in [0.717, 1.165) is 12.0 Å². The van der Waals surface area contributed by atoms with E-state index in [9.17, 15) is 4.39 Å². The third kappa shape index (κ3) is 3.24. The van der Waals surface area contributed by atoms with E-state index in [0.29, 0.717) is 0 Å². The highest BCUT2D eigenvalue weighted by Gasteiger charge is 2.30. The zero-order valence-electron chi connectivity index (χ0n) is 11.9. The van der Waals surface area contributed by atoms with Crippen LogP contribution in [0.1, 0.15) is 25.0 Å². The number of benzene rings is 2. The molecule has 2 aromatic rings. The van der Waals surface area contributed by atoms with Crippen molar-refractivity contribution in [1.29, 1.82) is 0 Å². The second kappa shape index (κ2) is 6.16. The highest BCUT2D eigenvalue weighted by atomic mass is 19.1. The second-order valence-corrected chi connectivity index (χ2v) is 5.64. The molecule has 2 aromatic carbocycles. The van der Waals surface area contributed by atoms with Crippen molar-refractivity contribution in [2.75, 3.05) is 0 Å². The van der Waals surface area contributed by atoms with Gasteiger partial charge in [0, 0.05) is 11.5 Å². The number of hydrogen-bond acceptors (Lipinski definition) is 2. The van der Waals surface area contributed by atoms with Crippen molar-refractivity contribution >= 4 is 0 Å². The fourth-order valence-corrected chi connectivity index (χ4v) is 2.45. The Bertz CT molecular complexity index is 535. The van der Waals surface area contributed by atoms with Gasteiger partial charge in [-0.25, -0.2) is 4.39 Å². The van der Waals surface area contributed by atoms with Crippen LogP contribution in [0.5, 0.6) is 0 Å². The Labute approximate surface area is 119 Å². The number of nitrogens with two attached hydrogens (primary N) is 1. The lowest BCUT2D eigenvalue weighted by molar-refractivity contribution is 0.341. The number of halogens is 1. The maximum absolute atomic E-state index is 13.1. The van der Waals surface area contributed by atoms with Crippen LogP contribution in [0.25, 0.3) is 0 Å². The van der Waals surface area contributed by atoms with Crippen molar-refractivity contribution in [3.63, 3.8) is 0 Å². The predicted octanol–water partition coefficient (Wildman–Crippen LogP) is 3.18. The standard InChI is InChI=1S/C17H21FN2/c1-17(2,14-8-10-15(18)11-9-14)16(20-19)12-13-6-4-3-5-7-13/h3-11,16,20H,12,19H2,1-2H3. The van der Waals surface area contributed by atoms with E-state index >= 15 is 0 Å². The van der Waals surface area contributed by atoms with Gasteiger partial charge in [0.15, 0.2) is 0 Å². The summed E-state index contributed by atoms with van der Waals surface area (Å²) in [6.45, 7) is 4.24. The Morgan fingerprint density at radius 2 is 1.65 bits per heavy atom. The quantitative estimate of drug-likeness (QED) is 0.648. The van der Waals surface area contributed by atoms with Crippen LogP contribution in [0.2, 0.25) is 0 Å². The smallest absolute Gasteiger partial charge is 0.123 e. The molecule has 0 fully saturated rings. The molecule has 2 rings (SSSR count). The van der Waals surface area contributed by atoms with E-state index in [-0.39, 0.29) is 17.3 Å². The topological polar surface area (TPSA) is 38.0 Å². The molecule has 106 valence electrons. The summed E-state index contributed by atoms with van der Waals surface area (Å²) in [6.07, 6.45) is 0.821. The minimum absolute atomic E-state index is 0.0651. The summed E-state index contributed by atoms with van der Waals surface area (Å²) in [5, 5.41) is 0. The summed E-state index contributed by atoms with van der Waals surface area (Å²) in [5.41, 5.74) is 5.01. The third-order valence-electron chi connectivity index (χ3n) is 3.94. The predicted molar refractivity (Wildman–Crippen MR) is 80.7 cm³/mol. The monoisotopic (exact) mass is 272 g/mol. The number of hydrogen-bond donors (Lipinski definition) is 2. The molecule has 0 saturated heterocycles. The first-order chi connectivity index (χ1) is 9.54. The largest absolute Gasteiger partial charge is 0.271 e. The van der Waals surface area contributed by atoms with Gasteiger partial charge in [0.05, 0.1) is 0 Å². The van der Waals surface area contributed by atoms with Crippen LogP contribution in [0.4, 0.5) is 4.39 Å². The first kappa shape index (κ1) is 14.7. The van der Waals surface area contributed by atoms with E-state index in [1.54, 1.807) is 0 Å². The molecule has 0 aliphatic carbocycles. The van der Waals surface area contributed by atoms with Crippen LogP contribution in [0, 0.1) is 5.82 Å². The lowest BCUT2D eigenvalue weighted by atomic mass is 9.75. The molecule has 0 aliphatic heterocycles. The molecular formula is C17H21FN2. The molecule has 2 nitrogen and oxygen atoms in total. The Hall–Kier alpha value is -1.71. The minimum atomic E-state index is -0.218. The van der Waals surface area contributed by atoms with Crippen molar-refractivity contribution in [1.82, 2.24) is 5.43 Å². The molecule has 0 aliphatic rings. The fraction of sp³-hybridized carbons (Fsp3) is 0.294. The van der Waals surface area contributed by atoms with E-state index in [1.807, 2.05) is 30.3 Å². The zero-order valence-corrected chi connectivity index (χ0v) is 11.9. The average Bonchev–Trinajstić information content (AvgIpc) is 2.46. The molecule has 3 N–H and O–H groups in total. The second-order valence-electron chi connectivity index (χ2n) is 5.64. The molecular weight excluding hydrogens is 251 g/mol. The summed E-state index contributed by atoms with van der Waals surface area (Å²) in [7, 11) is 0. The Morgan fingerprint density at radius 3 is 2.20 bits per heavy atom. The Morgan fingerprint density at radius 1 is 1.05 bits per heavy atom. The van der Waals surface area contributed by atoms with Crippen molar-refractivity contribution in [3.8, 4) is 0 Å².